The Kier molecular flexibility index (Phi) is 4.58. The molecule has 1 rings (SSSR count). The lowest BCUT2D eigenvalue weighted by atomic mass is 10.1. The van der Waals surface area contributed by atoms with Crippen LogP contribution in [0, 0.1) is 17.1 Å². The zero-order valence-electron chi connectivity index (χ0n) is 8.59. The fourth-order valence-corrected chi connectivity index (χ4v) is 1.31. The highest BCUT2D eigenvalue weighted by atomic mass is 19.1. The molecule has 0 unspecified atom stereocenters. The Bertz CT molecular complexity index is 360. The van der Waals surface area contributed by atoms with Gasteiger partial charge in [0, 0.05) is 6.54 Å². The van der Waals surface area contributed by atoms with E-state index in [9.17, 15) is 4.39 Å². The lowest BCUT2D eigenvalue weighted by Gasteiger charge is -2.08. The highest BCUT2D eigenvalue weighted by Gasteiger charge is 2.03. The Morgan fingerprint density at radius 3 is 3.00 bits per heavy atom. The van der Waals surface area contributed by atoms with E-state index in [4.69, 9.17) is 10.00 Å². The normalized spacial score (nSPS) is 9.67. The molecule has 0 aliphatic carbocycles. The van der Waals surface area contributed by atoms with Crippen molar-refractivity contribution in [1.82, 2.24) is 5.32 Å². The number of halogens is 1. The zero-order chi connectivity index (χ0) is 11.1. The first-order chi connectivity index (χ1) is 7.27. The van der Waals surface area contributed by atoms with Gasteiger partial charge in [-0.3, -0.25) is 0 Å². The predicted octanol–water partition coefficient (Wildman–Crippen LogP) is 1.49. The van der Waals surface area contributed by atoms with Crippen molar-refractivity contribution < 1.29 is 9.13 Å². The number of methoxy groups -OCH3 is 1. The van der Waals surface area contributed by atoms with Crippen molar-refractivity contribution in [3.05, 3.63) is 29.6 Å². The van der Waals surface area contributed by atoms with Crippen LogP contribution >= 0.6 is 0 Å². The minimum absolute atomic E-state index is 0.272. The third kappa shape index (κ3) is 3.56. The summed E-state index contributed by atoms with van der Waals surface area (Å²) in [4.78, 5) is 0. The molecule has 0 fully saturated rings. The molecule has 0 spiro atoms. The van der Waals surface area contributed by atoms with E-state index in [-0.39, 0.29) is 5.82 Å². The molecule has 0 bridgehead atoms. The van der Waals surface area contributed by atoms with E-state index in [1.54, 1.807) is 13.2 Å². The van der Waals surface area contributed by atoms with Gasteiger partial charge in [0.1, 0.15) is 11.6 Å². The average molecular weight is 208 g/mol. The topological polar surface area (TPSA) is 45.0 Å². The summed E-state index contributed by atoms with van der Waals surface area (Å²) in [5.41, 5.74) is 0.808. The minimum Gasteiger partial charge on any atom is -0.496 e. The molecule has 4 heteroatoms. The van der Waals surface area contributed by atoms with E-state index < -0.39 is 0 Å². The number of hydrogen-bond acceptors (Lipinski definition) is 3. The van der Waals surface area contributed by atoms with E-state index >= 15 is 0 Å². The van der Waals surface area contributed by atoms with Crippen molar-refractivity contribution in [3.63, 3.8) is 0 Å². The molecular weight excluding hydrogens is 195 g/mol. The molecule has 0 aliphatic rings. The fraction of sp³-hybridized carbons (Fsp3) is 0.364. The number of nitrogens with one attached hydrogen (secondary N) is 1. The van der Waals surface area contributed by atoms with Gasteiger partial charge in [-0.15, -0.1) is 0 Å². The van der Waals surface area contributed by atoms with Gasteiger partial charge in [-0.05, 0) is 30.2 Å². The maximum Gasteiger partial charge on any atom is 0.123 e. The molecule has 0 amide bonds. The second-order valence-corrected chi connectivity index (χ2v) is 3.04. The predicted molar refractivity (Wildman–Crippen MR) is 55.1 cm³/mol. The van der Waals surface area contributed by atoms with Gasteiger partial charge in [-0.2, -0.15) is 5.26 Å². The molecule has 0 radical (unpaired) electrons. The number of nitriles is 1. The summed E-state index contributed by atoms with van der Waals surface area (Å²) in [5.74, 6) is 0.404. The molecule has 3 nitrogen and oxygen atoms in total. The molecule has 0 aromatic heterocycles. The van der Waals surface area contributed by atoms with Gasteiger partial charge in [0.05, 0.1) is 19.7 Å². The maximum absolute atomic E-state index is 12.9. The highest BCUT2D eigenvalue weighted by Crippen LogP contribution is 2.19. The van der Waals surface area contributed by atoms with Crippen LogP contribution in [0.5, 0.6) is 5.75 Å². The summed E-state index contributed by atoms with van der Waals surface area (Å²) in [5, 5.41) is 11.2. The summed E-state index contributed by atoms with van der Waals surface area (Å²) in [7, 11) is 1.56. The van der Waals surface area contributed by atoms with E-state index in [1.807, 2.05) is 6.07 Å². The summed E-state index contributed by atoms with van der Waals surface area (Å²) >= 11 is 0. The molecule has 1 N–H and O–H groups in total. The second kappa shape index (κ2) is 5.99. The Labute approximate surface area is 88.5 Å². The largest absolute Gasteiger partial charge is 0.496 e. The summed E-state index contributed by atoms with van der Waals surface area (Å²) in [6.45, 7) is 0.936. The highest BCUT2D eigenvalue weighted by molar-refractivity contribution is 5.34. The quantitative estimate of drug-likeness (QED) is 0.589. The molecule has 0 heterocycles. The third-order valence-corrected chi connectivity index (χ3v) is 2.02. The summed E-state index contributed by atoms with van der Waals surface area (Å²) in [6.07, 6.45) is 0.641. The van der Waals surface area contributed by atoms with Crippen LogP contribution in [-0.4, -0.2) is 20.2 Å². The second-order valence-electron chi connectivity index (χ2n) is 3.04. The van der Waals surface area contributed by atoms with Crippen LogP contribution in [0.4, 0.5) is 4.39 Å². The lowest BCUT2D eigenvalue weighted by Crippen LogP contribution is -2.17. The first-order valence-corrected chi connectivity index (χ1v) is 4.68. The van der Waals surface area contributed by atoms with Gasteiger partial charge in [-0.25, -0.2) is 4.39 Å². The molecule has 1 aromatic rings. The van der Waals surface area contributed by atoms with Crippen molar-refractivity contribution in [1.29, 1.82) is 5.26 Å². The summed E-state index contributed by atoms with van der Waals surface area (Å²) < 4.78 is 18.0. The third-order valence-electron chi connectivity index (χ3n) is 2.02. The average Bonchev–Trinajstić information content (AvgIpc) is 2.25. The number of rotatable bonds is 5. The van der Waals surface area contributed by atoms with Crippen LogP contribution in [0.1, 0.15) is 5.56 Å². The Morgan fingerprint density at radius 2 is 2.33 bits per heavy atom. The van der Waals surface area contributed by atoms with Crippen LogP contribution in [0.25, 0.3) is 0 Å². The standard InChI is InChI=1S/C11H13FN2O/c1-15-11-3-2-10(12)8-9(11)4-6-14-7-5-13/h2-3,8,14H,4,6-7H2,1H3. The molecule has 80 valence electrons. The van der Waals surface area contributed by atoms with Crippen molar-refractivity contribution in [2.45, 2.75) is 6.42 Å². The van der Waals surface area contributed by atoms with Crippen molar-refractivity contribution in [2.24, 2.45) is 0 Å². The Morgan fingerprint density at radius 1 is 1.53 bits per heavy atom. The minimum atomic E-state index is -0.272. The van der Waals surface area contributed by atoms with E-state index in [0.717, 1.165) is 5.56 Å². The molecule has 15 heavy (non-hydrogen) atoms. The molecule has 0 saturated carbocycles. The zero-order valence-corrected chi connectivity index (χ0v) is 8.59. The van der Waals surface area contributed by atoms with E-state index in [0.29, 0.717) is 25.3 Å². The van der Waals surface area contributed by atoms with Crippen LogP contribution in [0.2, 0.25) is 0 Å². The first-order valence-electron chi connectivity index (χ1n) is 4.68. The van der Waals surface area contributed by atoms with Crippen molar-refractivity contribution in [3.8, 4) is 11.8 Å². The van der Waals surface area contributed by atoms with Gasteiger partial charge in [-0.1, -0.05) is 0 Å². The smallest absolute Gasteiger partial charge is 0.123 e. The molecule has 0 atom stereocenters. The molecular formula is C11H13FN2O. The lowest BCUT2D eigenvalue weighted by molar-refractivity contribution is 0.408. The number of hydrogen-bond donors (Lipinski definition) is 1. The Balaban J connectivity index is 2.58. The Hall–Kier alpha value is -1.60. The van der Waals surface area contributed by atoms with Crippen molar-refractivity contribution >= 4 is 0 Å². The van der Waals surface area contributed by atoms with E-state index in [2.05, 4.69) is 5.32 Å². The maximum atomic E-state index is 12.9. The number of nitrogens with zero attached hydrogens (tertiary/aromatic N) is 1. The fourth-order valence-electron chi connectivity index (χ4n) is 1.31. The van der Waals surface area contributed by atoms with Crippen molar-refractivity contribution in [2.75, 3.05) is 20.2 Å². The van der Waals surface area contributed by atoms with Gasteiger partial charge < -0.3 is 10.1 Å². The molecule has 0 saturated heterocycles. The van der Waals surface area contributed by atoms with E-state index in [1.165, 1.54) is 12.1 Å². The monoisotopic (exact) mass is 208 g/mol. The first kappa shape index (κ1) is 11.5. The molecule has 1 aromatic carbocycles. The summed E-state index contributed by atoms with van der Waals surface area (Å²) in [6, 6.07) is 6.40. The molecule has 0 aliphatic heterocycles. The number of ether oxygens (including phenoxy) is 1. The van der Waals surface area contributed by atoms with Crippen LogP contribution in [0.15, 0.2) is 18.2 Å². The van der Waals surface area contributed by atoms with Crippen LogP contribution < -0.4 is 10.1 Å². The van der Waals surface area contributed by atoms with Gasteiger partial charge in [0.15, 0.2) is 0 Å². The van der Waals surface area contributed by atoms with Gasteiger partial charge in [0.2, 0.25) is 0 Å². The van der Waals surface area contributed by atoms with Gasteiger partial charge in [0.25, 0.3) is 0 Å². The SMILES string of the molecule is COc1ccc(F)cc1CCNCC#N. The van der Waals surface area contributed by atoms with Gasteiger partial charge >= 0.3 is 0 Å². The van der Waals surface area contributed by atoms with Crippen LogP contribution in [0.3, 0.4) is 0 Å². The van der Waals surface area contributed by atoms with Crippen LogP contribution in [-0.2, 0) is 6.42 Å². The number of benzene rings is 1.